The van der Waals surface area contributed by atoms with Crippen LogP contribution < -0.4 is 11.1 Å². The molecule has 0 saturated carbocycles. The lowest BCUT2D eigenvalue weighted by Gasteiger charge is -2.11. The smallest absolute Gasteiger partial charge is 0.226 e. The molecule has 0 spiro atoms. The zero-order valence-corrected chi connectivity index (χ0v) is 10.2. The molecule has 2 aromatic rings. The minimum absolute atomic E-state index is 0.0105. The molecule has 16 heavy (non-hydrogen) atoms. The van der Waals surface area contributed by atoms with Crippen molar-refractivity contribution in [2.24, 2.45) is 0 Å². The molecule has 0 bridgehead atoms. The van der Waals surface area contributed by atoms with E-state index in [0.29, 0.717) is 16.4 Å². The van der Waals surface area contributed by atoms with Gasteiger partial charge >= 0.3 is 0 Å². The number of anilines is 2. The molecule has 5 nitrogen and oxygen atoms in total. The lowest BCUT2D eigenvalue weighted by atomic mass is 10.2. The van der Waals surface area contributed by atoms with E-state index in [1.54, 1.807) is 12.3 Å². The third kappa shape index (κ3) is 2.52. The first-order valence-corrected chi connectivity index (χ1v) is 5.54. The van der Waals surface area contributed by atoms with Gasteiger partial charge in [0.25, 0.3) is 0 Å². The number of hydrogen-bond acceptors (Lipinski definition) is 5. The number of hydrogen-bond donors (Lipinski definition) is 2. The fourth-order valence-electron chi connectivity index (χ4n) is 1.30. The lowest BCUT2D eigenvalue weighted by molar-refractivity contribution is 0.489. The topological polar surface area (TPSA) is 77.0 Å². The van der Waals surface area contributed by atoms with E-state index < -0.39 is 0 Å². The Morgan fingerprint density at radius 2 is 2.31 bits per heavy atom. The molecule has 3 N–H and O–H groups in total. The van der Waals surface area contributed by atoms with Gasteiger partial charge in [-0.3, -0.25) is 0 Å². The Balaban J connectivity index is 2.15. The van der Waals surface area contributed by atoms with Crippen molar-refractivity contribution in [2.45, 2.75) is 13.0 Å². The van der Waals surface area contributed by atoms with Crippen molar-refractivity contribution in [1.29, 1.82) is 0 Å². The average molecular weight is 283 g/mol. The first kappa shape index (κ1) is 10.9. The predicted octanol–water partition coefficient (Wildman–Crippen LogP) is 2.59. The summed E-state index contributed by atoms with van der Waals surface area (Å²) in [6.07, 6.45) is 1.63. The highest BCUT2D eigenvalue weighted by atomic mass is 79.9. The Bertz CT molecular complexity index is 451. The fraction of sp³-hybridized carbons (Fsp3) is 0.200. The molecule has 6 heteroatoms. The zero-order chi connectivity index (χ0) is 11.5. The number of nitrogen functional groups attached to an aromatic ring is 1. The number of nitrogens with one attached hydrogen (secondary N) is 1. The number of aromatic nitrogens is 2. The molecule has 0 aliphatic carbocycles. The SMILES string of the molecule is CC(Nc1nc(N)cc(Br)n1)c1ccco1. The maximum atomic E-state index is 5.61. The molecule has 0 radical (unpaired) electrons. The van der Waals surface area contributed by atoms with E-state index in [2.05, 4.69) is 31.2 Å². The molecule has 0 amide bonds. The number of furan rings is 1. The molecule has 1 unspecified atom stereocenters. The van der Waals surface area contributed by atoms with E-state index in [4.69, 9.17) is 10.2 Å². The molecular formula is C10H11BrN4O. The van der Waals surface area contributed by atoms with Crippen LogP contribution in [-0.2, 0) is 0 Å². The zero-order valence-electron chi connectivity index (χ0n) is 8.64. The summed E-state index contributed by atoms with van der Waals surface area (Å²) in [6.45, 7) is 1.96. The summed E-state index contributed by atoms with van der Waals surface area (Å²) < 4.78 is 5.91. The quantitative estimate of drug-likeness (QED) is 0.847. The van der Waals surface area contributed by atoms with E-state index in [1.165, 1.54) is 0 Å². The Morgan fingerprint density at radius 3 is 2.94 bits per heavy atom. The van der Waals surface area contributed by atoms with E-state index in [9.17, 15) is 0 Å². The van der Waals surface area contributed by atoms with Gasteiger partial charge in [0, 0.05) is 6.07 Å². The van der Waals surface area contributed by atoms with Gasteiger partial charge in [0.05, 0.1) is 12.3 Å². The van der Waals surface area contributed by atoms with Gasteiger partial charge in [-0.1, -0.05) is 0 Å². The largest absolute Gasteiger partial charge is 0.467 e. The molecule has 0 saturated heterocycles. The summed E-state index contributed by atoms with van der Waals surface area (Å²) in [6, 6.07) is 5.36. The third-order valence-electron chi connectivity index (χ3n) is 2.03. The number of nitrogens with zero attached hydrogens (tertiary/aromatic N) is 2. The van der Waals surface area contributed by atoms with Crippen LogP contribution in [0.4, 0.5) is 11.8 Å². The van der Waals surface area contributed by atoms with Crippen LogP contribution in [0.5, 0.6) is 0 Å². The van der Waals surface area contributed by atoms with Crippen LogP contribution in [0, 0.1) is 0 Å². The normalized spacial score (nSPS) is 12.4. The second-order valence-corrected chi connectivity index (χ2v) is 4.13. The molecule has 0 fully saturated rings. The van der Waals surface area contributed by atoms with Crippen molar-refractivity contribution >= 4 is 27.7 Å². The van der Waals surface area contributed by atoms with Crippen LogP contribution >= 0.6 is 15.9 Å². The highest BCUT2D eigenvalue weighted by Gasteiger charge is 2.10. The number of nitrogens with two attached hydrogens (primary N) is 1. The van der Waals surface area contributed by atoms with Crippen LogP contribution in [0.15, 0.2) is 33.5 Å². The van der Waals surface area contributed by atoms with Gasteiger partial charge in [0.2, 0.25) is 5.95 Å². The number of rotatable bonds is 3. The van der Waals surface area contributed by atoms with E-state index >= 15 is 0 Å². The molecule has 1 atom stereocenters. The van der Waals surface area contributed by atoms with Gasteiger partial charge < -0.3 is 15.5 Å². The summed E-state index contributed by atoms with van der Waals surface area (Å²) in [7, 11) is 0. The Morgan fingerprint density at radius 1 is 1.50 bits per heavy atom. The summed E-state index contributed by atoms with van der Waals surface area (Å²) in [5, 5.41) is 3.10. The summed E-state index contributed by atoms with van der Waals surface area (Å²) in [5.74, 6) is 1.70. The second kappa shape index (κ2) is 4.52. The van der Waals surface area contributed by atoms with Crippen molar-refractivity contribution < 1.29 is 4.42 Å². The van der Waals surface area contributed by atoms with Gasteiger partial charge in [-0.2, -0.15) is 4.98 Å². The van der Waals surface area contributed by atoms with Gasteiger partial charge in [0.1, 0.15) is 16.2 Å². The average Bonchev–Trinajstić information content (AvgIpc) is 2.68. The lowest BCUT2D eigenvalue weighted by Crippen LogP contribution is -2.09. The van der Waals surface area contributed by atoms with Crippen LogP contribution in [0.3, 0.4) is 0 Å². The second-order valence-electron chi connectivity index (χ2n) is 3.32. The fourth-order valence-corrected chi connectivity index (χ4v) is 1.70. The van der Waals surface area contributed by atoms with Gasteiger partial charge in [-0.15, -0.1) is 0 Å². The standard InChI is InChI=1S/C10H11BrN4O/c1-6(7-3-2-4-16-7)13-10-14-8(11)5-9(12)15-10/h2-6H,1H3,(H3,12,13,14,15). The van der Waals surface area contributed by atoms with E-state index in [0.717, 1.165) is 5.76 Å². The first-order valence-electron chi connectivity index (χ1n) is 4.75. The van der Waals surface area contributed by atoms with Crippen molar-refractivity contribution in [2.75, 3.05) is 11.1 Å². The molecule has 0 aliphatic rings. The van der Waals surface area contributed by atoms with Crippen molar-refractivity contribution in [3.63, 3.8) is 0 Å². The molecular weight excluding hydrogens is 272 g/mol. The minimum atomic E-state index is -0.0105. The maximum absolute atomic E-state index is 5.61. The monoisotopic (exact) mass is 282 g/mol. The molecule has 2 aromatic heterocycles. The van der Waals surface area contributed by atoms with Crippen molar-refractivity contribution in [3.05, 3.63) is 34.8 Å². The Labute approximate surface area is 101 Å². The van der Waals surface area contributed by atoms with Gasteiger partial charge in [-0.25, -0.2) is 4.98 Å². The van der Waals surface area contributed by atoms with E-state index in [-0.39, 0.29) is 6.04 Å². The minimum Gasteiger partial charge on any atom is -0.467 e. The van der Waals surface area contributed by atoms with Crippen LogP contribution in [0.1, 0.15) is 18.7 Å². The molecule has 0 aliphatic heterocycles. The van der Waals surface area contributed by atoms with Gasteiger partial charge in [0.15, 0.2) is 0 Å². The Kier molecular flexibility index (Phi) is 3.09. The highest BCUT2D eigenvalue weighted by Crippen LogP contribution is 2.19. The third-order valence-corrected chi connectivity index (χ3v) is 2.44. The maximum Gasteiger partial charge on any atom is 0.226 e. The first-order chi connectivity index (χ1) is 7.65. The van der Waals surface area contributed by atoms with Crippen LogP contribution in [0.25, 0.3) is 0 Å². The van der Waals surface area contributed by atoms with Crippen LogP contribution in [-0.4, -0.2) is 9.97 Å². The van der Waals surface area contributed by atoms with E-state index in [1.807, 2.05) is 19.1 Å². The van der Waals surface area contributed by atoms with Gasteiger partial charge in [-0.05, 0) is 35.0 Å². The van der Waals surface area contributed by atoms with Crippen LogP contribution in [0.2, 0.25) is 0 Å². The molecule has 2 heterocycles. The summed E-state index contributed by atoms with van der Waals surface area (Å²) >= 11 is 3.26. The molecule has 2 rings (SSSR count). The summed E-state index contributed by atoms with van der Waals surface area (Å²) in [5.41, 5.74) is 5.61. The predicted molar refractivity (Wildman–Crippen MR) is 64.9 cm³/mol. The number of halogens is 1. The van der Waals surface area contributed by atoms with Crippen molar-refractivity contribution in [1.82, 2.24) is 9.97 Å². The highest BCUT2D eigenvalue weighted by molar-refractivity contribution is 9.10. The van der Waals surface area contributed by atoms with Crippen molar-refractivity contribution in [3.8, 4) is 0 Å². The molecule has 0 aromatic carbocycles. The molecule has 84 valence electrons. The summed E-state index contributed by atoms with van der Waals surface area (Å²) in [4.78, 5) is 8.22. The Hall–Kier alpha value is -1.56.